The van der Waals surface area contributed by atoms with E-state index in [2.05, 4.69) is 22.3 Å². The molecule has 1 heterocycles. The molecule has 126 valence electrons. The van der Waals surface area contributed by atoms with Gasteiger partial charge in [0.25, 0.3) is 5.91 Å². The van der Waals surface area contributed by atoms with E-state index in [1.54, 1.807) is 12.1 Å². The second kappa shape index (κ2) is 8.04. The number of benzene rings is 2. The van der Waals surface area contributed by atoms with E-state index < -0.39 is 5.82 Å². The normalized spacial score (nSPS) is 16.5. The molecule has 0 radical (unpaired) electrons. The van der Waals surface area contributed by atoms with Crippen molar-refractivity contribution < 1.29 is 13.9 Å². The minimum absolute atomic E-state index is 0.0765. The Kier molecular flexibility index (Phi) is 5.56. The Labute approximate surface area is 141 Å². The zero-order valence-corrected chi connectivity index (χ0v) is 13.5. The third kappa shape index (κ3) is 4.19. The van der Waals surface area contributed by atoms with Crippen molar-refractivity contribution in [3.05, 3.63) is 71.5 Å². The van der Waals surface area contributed by atoms with Gasteiger partial charge >= 0.3 is 0 Å². The smallest absolute Gasteiger partial charge is 0.251 e. The van der Waals surface area contributed by atoms with Gasteiger partial charge in [-0.25, -0.2) is 4.39 Å². The number of carbonyl (C=O) groups is 1. The van der Waals surface area contributed by atoms with Crippen molar-refractivity contribution in [1.82, 2.24) is 10.2 Å². The minimum atomic E-state index is -0.407. The predicted octanol–water partition coefficient (Wildman–Crippen LogP) is 2.63. The maximum absolute atomic E-state index is 13.3. The van der Waals surface area contributed by atoms with Crippen molar-refractivity contribution >= 4 is 5.91 Å². The standard InChI is InChI=1S/C19H21FN2O2/c20-17-8-4-7-16(13-17)19(23)21-14-18(15-5-2-1-3-6-15)22-9-11-24-12-10-22/h1-8,13,18H,9-12,14H2,(H,21,23)/t18-/m0/s1. The fourth-order valence-corrected chi connectivity index (χ4v) is 2.94. The largest absolute Gasteiger partial charge is 0.379 e. The molecule has 1 aliphatic rings. The number of morpholine rings is 1. The molecule has 1 atom stereocenters. The topological polar surface area (TPSA) is 41.6 Å². The third-order valence-electron chi connectivity index (χ3n) is 4.21. The zero-order chi connectivity index (χ0) is 16.8. The molecule has 5 heteroatoms. The first-order chi connectivity index (χ1) is 11.7. The van der Waals surface area contributed by atoms with Gasteiger partial charge in [0, 0.05) is 25.2 Å². The average Bonchev–Trinajstić information content (AvgIpc) is 2.63. The van der Waals surface area contributed by atoms with Gasteiger partial charge in [0.05, 0.1) is 19.3 Å². The van der Waals surface area contributed by atoms with Crippen molar-refractivity contribution in [2.75, 3.05) is 32.8 Å². The highest BCUT2D eigenvalue weighted by Gasteiger charge is 2.23. The molecule has 0 saturated carbocycles. The van der Waals surface area contributed by atoms with Crippen molar-refractivity contribution in [2.45, 2.75) is 6.04 Å². The van der Waals surface area contributed by atoms with Gasteiger partial charge < -0.3 is 10.1 Å². The van der Waals surface area contributed by atoms with Crippen LogP contribution >= 0.6 is 0 Å². The van der Waals surface area contributed by atoms with E-state index in [1.807, 2.05) is 18.2 Å². The van der Waals surface area contributed by atoms with Gasteiger partial charge in [-0.2, -0.15) is 0 Å². The molecule has 0 unspecified atom stereocenters. The summed E-state index contributed by atoms with van der Waals surface area (Å²) in [5.41, 5.74) is 1.49. The van der Waals surface area contributed by atoms with Gasteiger partial charge in [-0.15, -0.1) is 0 Å². The van der Waals surface area contributed by atoms with Crippen molar-refractivity contribution in [1.29, 1.82) is 0 Å². The fraction of sp³-hybridized carbons (Fsp3) is 0.316. The van der Waals surface area contributed by atoms with Crippen LogP contribution in [0.2, 0.25) is 0 Å². The Balaban J connectivity index is 1.71. The SMILES string of the molecule is O=C(NC[C@@H](c1ccccc1)N1CCOCC1)c1cccc(F)c1. The van der Waals surface area contributed by atoms with Crippen LogP contribution in [-0.2, 0) is 4.74 Å². The third-order valence-corrected chi connectivity index (χ3v) is 4.21. The first kappa shape index (κ1) is 16.6. The Morgan fingerprint density at radius 1 is 1.12 bits per heavy atom. The number of nitrogens with one attached hydrogen (secondary N) is 1. The van der Waals surface area contributed by atoms with Crippen LogP contribution in [0.3, 0.4) is 0 Å². The number of halogens is 1. The second-order valence-electron chi connectivity index (χ2n) is 5.80. The molecule has 2 aromatic rings. The molecule has 1 amide bonds. The summed E-state index contributed by atoms with van der Waals surface area (Å²) in [5.74, 6) is -0.667. The minimum Gasteiger partial charge on any atom is -0.379 e. The van der Waals surface area contributed by atoms with Crippen LogP contribution in [0.5, 0.6) is 0 Å². The van der Waals surface area contributed by atoms with E-state index in [0.717, 1.165) is 18.7 Å². The summed E-state index contributed by atoms with van der Waals surface area (Å²) in [6.45, 7) is 3.52. The van der Waals surface area contributed by atoms with Crippen molar-refractivity contribution in [2.24, 2.45) is 0 Å². The van der Waals surface area contributed by atoms with Crippen LogP contribution in [0.15, 0.2) is 54.6 Å². The number of ether oxygens (including phenoxy) is 1. The molecule has 1 aliphatic heterocycles. The molecule has 4 nitrogen and oxygen atoms in total. The molecule has 0 aliphatic carbocycles. The lowest BCUT2D eigenvalue weighted by Crippen LogP contribution is -2.43. The van der Waals surface area contributed by atoms with E-state index in [1.165, 1.54) is 12.1 Å². The van der Waals surface area contributed by atoms with Crippen LogP contribution in [0.1, 0.15) is 22.0 Å². The second-order valence-corrected chi connectivity index (χ2v) is 5.80. The van der Waals surface area contributed by atoms with Crippen LogP contribution < -0.4 is 5.32 Å². The Morgan fingerprint density at radius 3 is 2.58 bits per heavy atom. The highest BCUT2D eigenvalue weighted by atomic mass is 19.1. The maximum atomic E-state index is 13.3. The van der Waals surface area contributed by atoms with E-state index in [4.69, 9.17) is 4.74 Å². The monoisotopic (exact) mass is 328 g/mol. The molecule has 1 fully saturated rings. The highest BCUT2D eigenvalue weighted by molar-refractivity contribution is 5.94. The first-order valence-electron chi connectivity index (χ1n) is 8.14. The lowest BCUT2D eigenvalue weighted by molar-refractivity contribution is 0.0162. The van der Waals surface area contributed by atoms with Crippen LogP contribution in [0, 0.1) is 5.82 Å². The molecular formula is C19H21FN2O2. The van der Waals surface area contributed by atoms with Gasteiger partial charge in [-0.05, 0) is 23.8 Å². The lowest BCUT2D eigenvalue weighted by atomic mass is 10.0. The van der Waals surface area contributed by atoms with Crippen LogP contribution in [0.4, 0.5) is 4.39 Å². The summed E-state index contributed by atoms with van der Waals surface area (Å²) in [4.78, 5) is 14.6. The predicted molar refractivity (Wildman–Crippen MR) is 90.3 cm³/mol. The van der Waals surface area contributed by atoms with Gasteiger partial charge in [-0.1, -0.05) is 36.4 Å². The maximum Gasteiger partial charge on any atom is 0.251 e. The molecule has 24 heavy (non-hydrogen) atoms. The van der Waals surface area contributed by atoms with E-state index >= 15 is 0 Å². The number of rotatable bonds is 5. The zero-order valence-electron chi connectivity index (χ0n) is 13.5. The lowest BCUT2D eigenvalue weighted by Gasteiger charge is -2.35. The number of hydrogen-bond donors (Lipinski definition) is 1. The summed E-state index contributed by atoms with van der Waals surface area (Å²) in [6, 6.07) is 15.9. The van der Waals surface area contributed by atoms with Crippen LogP contribution in [0.25, 0.3) is 0 Å². The summed E-state index contributed by atoms with van der Waals surface area (Å²) in [6.07, 6.45) is 0. The average molecular weight is 328 g/mol. The molecule has 3 rings (SSSR count). The first-order valence-corrected chi connectivity index (χ1v) is 8.14. The summed E-state index contributed by atoms with van der Waals surface area (Å²) < 4.78 is 18.7. The molecule has 0 bridgehead atoms. The van der Waals surface area contributed by atoms with E-state index in [0.29, 0.717) is 25.3 Å². The number of hydrogen-bond acceptors (Lipinski definition) is 3. The van der Waals surface area contributed by atoms with Gasteiger partial charge in [0.2, 0.25) is 0 Å². The quantitative estimate of drug-likeness (QED) is 0.917. The fourth-order valence-electron chi connectivity index (χ4n) is 2.94. The summed E-state index contributed by atoms with van der Waals surface area (Å²) in [5, 5.41) is 2.93. The number of nitrogens with zero attached hydrogens (tertiary/aromatic N) is 1. The van der Waals surface area contributed by atoms with Crippen molar-refractivity contribution in [3.8, 4) is 0 Å². The Hall–Kier alpha value is -2.24. The van der Waals surface area contributed by atoms with Crippen LogP contribution in [-0.4, -0.2) is 43.7 Å². The summed E-state index contributed by atoms with van der Waals surface area (Å²) in [7, 11) is 0. The number of carbonyl (C=O) groups excluding carboxylic acids is 1. The van der Waals surface area contributed by atoms with E-state index in [-0.39, 0.29) is 11.9 Å². The molecule has 2 aromatic carbocycles. The van der Waals surface area contributed by atoms with Gasteiger partial charge in [0.15, 0.2) is 0 Å². The van der Waals surface area contributed by atoms with Gasteiger partial charge in [0.1, 0.15) is 5.82 Å². The highest BCUT2D eigenvalue weighted by Crippen LogP contribution is 2.21. The van der Waals surface area contributed by atoms with Crippen molar-refractivity contribution in [3.63, 3.8) is 0 Å². The molecule has 0 spiro atoms. The summed E-state index contributed by atoms with van der Waals surface area (Å²) >= 11 is 0. The van der Waals surface area contributed by atoms with E-state index in [9.17, 15) is 9.18 Å². The number of amides is 1. The Bertz CT molecular complexity index is 672. The molecular weight excluding hydrogens is 307 g/mol. The Morgan fingerprint density at radius 2 is 1.88 bits per heavy atom. The van der Waals surface area contributed by atoms with Gasteiger partial charge in [-0.3, -0.25) is 9.69 Å². The molecule has 1 N–H and O–H groups in total. The molecule has 1 saturated heterocycles. The molecule has 0 aromatic heterocycles.